The zero-order valence-electron chi connectivity index (χ0n) is 17.3. The average molecular weight is 423 g/mol. The van der Waals surface area contributed by atoms with E-state index < -0.39 is 16.1 Å². The van der Waals surface area contributed by atoms with Crippen molar-refractivity contribution in [2.45, 2.75) is 59.3 Å². The Bertz CT molecular complexity index is 937. The fourth-order valence-corrected chi connectivity index (χ4v) is 6.18. The lowest BCUT2D eigenvalue weighted by molar-refractivity contribution is -0.0490. The number of allylic oxidation sites excluding steroid dienone is 1. The lowest BCUT2D eigenvalue weighted by Crippen LogP contribution is -2.51. The zero-order chi connectivity index (χ0) is 21.6. The maximum Gasteiger partial charge on any atom is 0.446 e. The molecule has 0 aromatic heterocycles. The quantitative estimate of drug-likeness (QED) is 0.404. The third kappa shape index (κ3) is 3.94. The van der Waals surface area contributed by atoms with E-state index in [1.807, 2.05) is 0 Å². The van der Waals surface area contributed by atoms with Gasteiger partial charge in [0, 0.05) is 11.1 Å². The van der Waals surface area contributed by atoms with Gasteiger partial charge in [-0.05, 0) is 73.3 Å². The molecule has 2 N–H and O–H groups in total. The molecule has 0 radical (unpaired) electrons. The molecule has 0 heterocycles. The molecule has 1 aromatic carbocycles. The number of fused-ring (bicyclic) bond motifs is 1. The molecule has 6 nitrogen and oxygen atoms in total. The van der Waals surface area contributed by atoms with E-state index in [9.17, 15) is 22.9 Å². The molecular formula is C22H30O6S. The van der Waals surface area contributed by atoms with Gasteiger partial charge in [0.25, 0.3) is 0 Å². The first-order valence-electron chi connectivity index (χ1n) is 10.1. The van der Waals surface area contributed by atoms with Crippen molar-refractivity contribution in [3.63, 3.8) is 0 Å². The van der Waals surface area contributed by atoms with Crippen molar-refractivity contribution in [2.75, 3.05) is 0 Å². The van der Waals surface area contributed by atoms with E-state index in [2.05, 4.69) is 27.4 Å². The van der Waals surface area contributed by atoms with E-state index in [1.165, 1.54) is 11.6 Å². The van der Waals surface area contributed by atoms with Crippen molar-refractivity contribution in [1.82, 2.24) is 0 Å². The molecule has 0 saturated heterocycles. The van der Waals surface area contributed by atoms with E-state index in [0.29, 0.717) is 30.1 Å². The highest BCUT2D eigenvalue weighted by atomic mass is 32.3. The van der Waals surface area contributed by atoms with Crippen LogP contribution in [0, 0.1) is 22.7 Å². The van der Waals surface area contributed by atoms with E-state index in [4.69, 9.17) is 4.18 Å². The maximum atomic E-state index is 11.4. The molecule has 0 spiro atoms. The number of benzene rings is 1. The fraction of sp³-hybridized carbons (Fsp3) is 0.591. The molecule has 0 bridgehead atoms. The normalized spacial score (nSPS) is 32.5. The highest BCUT2D eigenvalue weighted by Gasteiger charge is 2.54. The van der Waals surface area contributed by atoms with Crippen LogP contribution in [0.2, 0.25) is 0 Å². The number of carbonyl (C=O) groups excluding carboxylic acids is 1. The van der Waals surface area contributed by atoms with E-state index >= 15 is 0 Å². The van der Waals surface area contributed by atoms with Gasteiger partial charge in [0.2, 0.25) is 0 Å². The monoisotopic (exact) mass is 422 g/mol. The predicted octanol–water partition coefficient (Wildman–Crippen LogP) is 4.73. The molecule has 7 heteroatoms. The Morgan fingerprint density at radius 2 is 2.00 bits per heavy atom. The average Bonchev–Trinajstić information content (AvgIpc) is 2.62. The summed E-state index contributed by atoms with van der Waals surface area (Å²) in [6.45, 7) is 11.0. The van der Waals surface area contributed by atoms with Crippen LogP contribution in [-0.4, -0.2) is 24.4 Å². The summed E-state index contributed by atoms with van der Waals surface area (Å²) >= 11 is 0. The Morgan fingerprint density at radius 1 is 1.31 bits per heavy atom. The molecule has 4 atom stereocenters. The Hall–Kier alpha value is -1.86. The van der Waals surface area contributed by atoms with Gasteiger partial charge in [-0.3, -0.25) is 9.35 Å². The Labute approximate surface area is 172 Å². The molecular weight excluding hydrogens is 392 g/mol. The molecule has 2 aliphatic rings. The molecule has 1 aromatic rings. The molecule has 2 aliphatic carbocycles. The second-order valence-corrected chi connectivity index (χ2v) is 10.3. The van der Waals surface area contributed by atoms with Crippen molar-refractivity contribution < 1.29 is 27.1 Å². The molecule has 2 saturated carbocycles. The smallest absolute Gasteiger partial charge is 0.446 e. The van der Waals surface area contributed by atoms with Gasteiger partial charge < -0.3 is 9.29 Å². The lowest BCUT2D eigenvalue weighted by atomic mass is 9.46. The first-order chi connectivity index (χ1) is 13.4. The summed E-state index contributed by atoms with van der Waals surface area (Å²) in [5.74, 6) is -0.119. The summed E-state index contributed by atoms with van der Waals surface area (Å²) in [6.07, 6.45) is 6.23. The molecule has 0 aliphatic heterocycles. The highest BCUT2D eigenvalue weighted by molar-refractivity contribution is 7.81. The van der Waals surface area contributed by atoms with Gasteiger partial charge in [0.1, 0.15) is 6.29 Å². The summed E-state index contributed by atoms with van der Waals surface area (Å²) < 4.78 is 36.6. The van der Waals surface area contributed by atoms with E-state index in [-0.39, 0.29) is 22.1 Å². The number of carbonyl (C=O) groups is 1. The minimum Gasteiger partial charge on any atom is -0.504 e. The van der Waals surface area contributed by atoms with E-state index in [0.717, 1.165) is 38.2 Å². The second kappa shape index (κ2) is 7.43. The molecule has 29 heavy (non-hydrogen) atoms. The summed E-state index contributed by atoms with van der Waals surface area (Å²) in [6, 6.07) is 2.67. The van der Waals surface area contributed by atoms with Gasteiger partial charge in [-0.15, -0.1) is 0 Å². The maximum absolute atomic E-state index is 11.4. The van der Waals surface area contributed by atoms with Crippen molar-refractivity contribution in [2.24, 2.45) is 22.7 Å². The number of phenolic OH excluding ortho intramolecular Hbond substituents is 1. The molecule has 3 rings (SSSR count). The topological polar surface area (TPSA) is 101 Å². The van der Waals surface area contributed by atoms with Crippen LogP contribution in [0.1, 0.15) is 68.8 Å². The number of aldehydes is 1. The second-order valence-electron chi connectivity index (χ2n) is 9.25. The van der Waals surface area contributed by atoms with Gasteiger partial charge in [0.05, 0.1) is 0 Å². The predicted molar refractivity (Wildman–Crippen MR) is 110 cm³/mol. The van der Waals surface area contributed by atoms with Crippen LogP contribution in [-0.2, 0) is 16.8 Å². The van der Waals surface area contributed by atoms with Gasteiger partial charge in [0.15, 0.2) is 11.5 Å². The van der Waals surface area contributed by atoms with Crippen LogP contribution in [0.5, 0.6) is 11.5 Å². The van der Waals surface area contributed by atoms with Gasteiger partial charge in [-0.1, -0.05) is 32.9 Å². The van der Waals surface area contributed by atoms with Gasteiger partial charge in [-0.2, -0.15) is 8.42 Å². The van der Waals surface area contributed by atoms with Crippen molar-refractivity contribution in [3.05, 3.63) is 35.4 Å². The standard InChI is InChI=1S/C22H30O6S/c1-14-6-5-7-19-21(14,3)9-8-15(2)22(19,4)12-17-10-16(13-23)11-18(24)20(17)28-29(25,26)27/h10-11,13,15,19,24H,1,5-9,12H2,2-4H3,(H,25,26,27)/t15-,19+,21+,22+/m0/s1. The summed E-state index contributed by atoms with van der Waals surface area (Å²) in [5.41, 5.74) is 1.68. The summed E-state index contributed by atoms with van der Waals surface area (Å²) in [7, 11) is -4.82. The van der Waals surface area contributed by atoms with Crippen LogP contribution < -0.4 is 4.18 Å². The van der Waals surface area contributed by atoms with Crippen molar-refractivity contribution in [1.29, 1.82) is 0 Å². The Balaban J connectivity index is 2.10. The highest BCUT2D eigenvalue weighted by Crippen LogP contribution is 2.62. The summed E-state index contributed by atoms with van der Waals surface area (Å²) in [5, 5.41) is 10.3. The van der Waals surface area contributed by atoms with Crippen LogP contribution in [0.15, 0.2) is 24.3 Å². The SMILES string of the molecule is C=C1CCC[C@H]2[C@](C)(Cc3cc(C=O)cc(O)c3OS(=O)(=O)O)[C@@H](C)CC[C@]12C. The van der Waals surface area contributed by atoms with Crippen LogP contribution in [0.25, 0.3) is 0 Å². The minimum absolute atomic E-state index is 0.00784. The molecule has 0 unspecified atom stereocenters. The molecule has 2 fully saturated rings. The molecule has 160 valence electrons. The van der Waals surface area contributed by atoms with Crippen LogP contribution in [0.4, 0.5) is 0 Å². The first-order valence-corrected chi connectivity index (χ1v) is 11.4. The van der Waals surface area contributed by atoms with Gasteiger partial charge >= 0.3 is 10.4 Å². The van der Waals surface area contributed by atoms with Gasteiger partial charge in [-0.25, -0.2) is 0 Å². The Kier molecular flexibility index (Phi) is 5.60. The van der Waals surface area contributed by atoms with Crippen molar-refractivity contribution >= 4 is 16.7 Å². The largest absolute Gasteiger partial charge is 0.504 e. The molecule has 0 amide bonds. The first kappa shape index (κ1) is 21.8. The van der Waals surface area contributed by atoms with E-state index in [1.54, 1.807) is 0 Å². The number of hydrogen-bond donors (Lipinski definition) is 2. The fourth-order valence-electron chi connectivity index (χ4n) is 5.77. The minimum atomic E-state index is -4.82. The van der Waals surface area contributed by atoms with Crippen LogP contribution in [0.3, 0.4) is 0 Å². The number of phenols is 1. The van der Waals surface area contributed by atoms with Crippen molar-refractivity contribution in [3.8, 4) is 11.5 Å². The Morgan fingerprint density at radius 3 is 2.62 bits per heavy atom. The third-order valence-corrected chi connectivity index (χ3v) is 8.01. The zero-order valence-corrected chi connectivity index (χ0v) is 18.1. The summed E-state index contributed by atoms with van der Waals surface area (Å²) in [4.78, 5) is 11.3. The number of hydrogen-bond acceptors (Lipinski definition) is 5. The lowest BCUT2D eigenvalue weighted by Gasteiger charge is -2.59. The van der Waals surface area contributed by atoms with Crippen LogP contribution >= 0.6 is 0 Å². The number of rotatable bonds is 5. The number of aromatic hydroxyl groups is 1. The third-order valence-electron chi connectivity index (χ3n) is 7.63.